The van der Waals surface area contributed by atoms with E-state index in [0.29, 0.717) is 13.1 Å². The number of aromatic amines is 1. The number of aromatic hydroxyl groups is 1. The molecule has 0 aliphatic heterocycles. The van der Waals surface area contributed by atoms with E-state index < -0.39 is 17.1 Å². The summed E-state index contributed by atoms with van der Waals surface area (Å²) >= 11 is 0. The Bertz CT molecular complexity index is 394. The zero-order chi connectivity index (χ0) is 10.6. The molecule has 0 bridgehead atoms. The molecule has 5 N–H and O–H groups in total. The van der Waals surface area contributed by atoms with Crippen LogP contribution in [0.25, 0.3) is 0 Å². The lowest BCUT2D eigenvalue weighted by Gasteiger charge is -2.02. The minimum absolute atomic E-state index is 0. The van der Waals surface area contributed by atoms with Crippen LogP contribution in [0.1, 0.15) is 10.5 Å². The Balaban J connectivity index is 0. The van der Waals surface area contributed by atoms with Gasteiger partial charge in [0.1, 0.15) is 5.69 Å². The molecule has 1 aromatic heterocycles. The van der Waals surface area contributed by atoms with Gasteiger partial charge in [0, 0.05) is 25.4 Å². The smallest absolute Gasteiger partial charge is 0.267 e. The normalized spacial score (nSPS) is 8.56. The van der Waals surface area contributed by atoms with Crippen molar-refractivity contribution in [1.82, 2.24) is 10.3 Å². The molecular weight excluding hydrogens is 257 g/mol. The topological polar surface area (TPSA) is 108 Å². The molecule has 0 radical (unpaired) electrons. The molecule has 0 saturated heterocycles. The van der Waals surface area contributed by atoms with Crippen LogP contribution in [-0.2, 0) is 0 Å². The van der Waals surface area contributed by atoms with Gasteiger partial charge in [0.15, 0.2) is 5.75 Å². The monoisotopic (exact) mass is 269 g/mol. The van der Waals surface area contributed by atoms with Crippen LogP contribution < -0.4 is 16.5 Å². The van der Waals surface area contributed by atoms with Crippen LogP contribution in [0.4, 0.5) is 0 Å². The maximum absolute atomic E-state index is 11.2. The number of pyridine rings is 1. The molecule has 0 aliphatic carbocycles. The highest BCUT2D eigenvalue weighted by atomic mass is 35.5. The molecule has 0 aliphatic rings. The zero-order valence-corrected chi connectivity index (χ0v) is 9.86. The lowest BCUT2D eigenvalue weighted by molar-refractivity contribution is 0.0949. The lowest BCUT2D eigenvalue weighted by atomic mass is 10.3. The molecule has 0 fully saturated rings. The first-order valence-electron chi connectivity index (χ1n) is 4.05. The van der Waals surface area contributed by atoms with Crippen LogP contribution in [0.3, 0.4) is 0 Å². The van der Waals surface area contributed by atoms with Crippen molar-refractivity contribution in [3.8, 4) is 5.75 Å². The first kappa shape index (κ1) is 17.2. The number of rotatable bonds is 3. The van der Waals surface area contributed by atoms with Crippen LogP contribution in [0.2, 0.25) is 0 Å². The summed E-state index contributed by atoms with van der Waals surface area (Å²) in [5, 5.41) is 11.4. The van der Waals surface area contributed by atoms with Crippen molar-refractivity contribution in [3.05, 3.63) is 28.2 Å². The van der Waals surface area contributed by atoms with Crippen molar-refractivity contribution >= 4 is 30.7 Å². The molecule has 0 saturated carbocycles. The number of H-pyrrole nitrogens is 1. The van der Waals surface area contributed by atoms with Gasteiger partial charge in [-0.25, -0.2) is 0 Å². The molecule has 6 nitrogen and oxygen atoms in total. The first-order valence-corrected chi connectivity index (χ1v) is 4.05. The van der Waals surface area contributed by atoms with E-state index in [1.165, 1.54) is 0 Å². The van der Waals surface area contributed by atoms with Gasteiger partial charge in [-0.05, 0) is 0 Å². The van der Waals surface area contributed by atoms with Gasteiger partial charge < -0.3 is 21.1 Å². The molecule has 0 aromatic carbocycles. The quantitative estimate of drug-likeness (QED) is 0.600. The van der Waals surface area contributed by atoms with Crippen molar-refractivity contribution < 1.29 is 9.90 Å². The number of nitrogens with two attached hydrogens (primary N) is 1. The minimum Gasteiger partial charge on any atom is -0.503 e. The SMILES string of the molecule is Cl.Cl.NCCNC(=O)c1cc(=O)c(O)c[nH]1. The van der Waals surface area contributed by atoms with Crippen LogP contribution >= 0.6 is 24.8 Å². The summed E-state index contributed by atoms with van der Waals surface area (Å²) < 4.78 is 0. The molecule has 1 aromatic rings. The summed E-state index contributed by atoms with van der Waals surface area (Å²) in [5.74, 6) is -0.840. The Morgan fingerprint density at radius 3 is 2.62 bits per heavy atom. The largest absolute Gasteiger partial charge is 0.503 e. The predicted molar refractivity (Wildman–Crippen MR) is 64.6 cm³/mol. The highest BCUT2D eigenvalue weighted by Gasteiger charge is 2.06. The Kier molecular flexibility index (Phi) is 8.56. The van der Waals surface area contributed by atoms with E-state index in [-0.39, 0.29) is 30.5 Å². The van der Waals surface area contributed by atoms with Gasteiger partial charge in [-0.15, -0.1) is 24.8 Å². The number of hydrogen-bond donors (Lipinski definition) is 4. The summed E-state index contributed by atoms with van der Waals surface area (Å²) in [6, 6.07) is 1.03. The van der Waals surface area contributed by atoms with E-state index in [1.54, 1.807) is 0 Å². The Morgan fingerprint density at radius 1 is 1.50 bits per heavy atom. The second kappa shape index (κ2) is 7.98. The number of aromatic nitrogens is 1. The number of carbonyl (C=O) groups is 1. The molecule has 16 heavy (non-hydrogen) atoms. The van der Waals surface area contributed by atoms with Gasteiger partial charge >= 0.3 is 0 Å². The van der Waals surface area contributed by atoms with Gasteiger partial charge in [-0.1, -0.05) is 0 Å². The third-order valence-electron chi connectivity index (χ3n) is 1.57. The molecule has 1 heterocycles. The average molecular weight is 270 g/mol. The molecule has 92 valence electrons. The van der Waals surface area contributed by atoms with Crippen molar-refractivity contribution in [2.24, 2.45) is 5.73 Å². The van der Waals surface area contributed by atoms with Crippen LogP contribution in [0.15, 0.2) is 17.1 Å². The first-order chi connectivity index (χ1) is 6.65. The van der Waals surface area contributed by atoms with E-state index in [9.17, 15) is 9.59 Å². The number of carbonyl (C=O) groups excluding carboxylic acids is 1. The number of hydrogen-bond acceptors (Lipinski definition) is 4. The lowest BCUT2D eigenvalue weighted by Crippen LogP contribution is -2.30. The third kappa shape index (κ3) is 4.52. The predicted octanol–water partition coefficient (Wildman–Crippen LogP) is -0.387. The fourth-order valence-corrected chi connectivity index (χ4v) is 0.876. The zero-order valence-electron chi connectivity index (χ0n) is 8.23. The minimum atomic E-state index is -0.596. The molecule has 0 spiro atoms. The van der Waals surface area contributed by atoms with E-state index in [2.05, 4.69) is 10.3 Å². The Labute approximate surface area is 104 Å². The van der Waals surface area contributed by atoms with Gasteiger partial charge in [0.2, 0.25) is 5.43 Å². The van der Waals surface area contributed by atoms with Gasteiger partial charge in [-0.2, -0.15) is 0 Å². The Morgan fingerprint density at radius 2 is 2.12 bits per heavy atom. The summed E-state index contributed by atoms with van der Waals surface area (Å²) in [4.78, 5) is 24.7. The van der Waals surface area contributed by atoms with Gasteiger partial charge in [-0.3, -0.25) is 9.59 Å². The van der Waals surface area contributed by atoms with Crippen LogP contribution in [0, 0.1) is 0 Å². The van der Waals surface area contributed by atoms with Crippen molar-refractivity contribution in [2.45, 2.75) is 0 Å². The summed E-state index contributed by atoms with van der Waals surface area (Å²) in [6.07, 6.45) is 1.07. The summed E-state index contributed by atoms with van der Waals surface area (Å²) in [6.45, 7) is 0.662. The molecule has 8 heteroatoms. The third-order valence-corrected chi connectivity index (χ3v) is 1.57. The molecular formula is C8H13Cl2N3O3. The summed E-state index contributed by atoms with van der Waals surface area (Å²) in [5.41, 5.74) is 4.68. The second-order valence-corrected chi connectivity index (χ2v) is 2.64. The Hall–Kier alpha value is -1.24. The second-order valence-electron chi connectivity index (χ2n) is 2.64. The van der Waals surface area contributed by atoms with Crippen molar-refractivity contribution in [3.63, 3.8) is 0 Å². The van der Waals surface area contributed by atoms with Gasteiger partial charge in [0.25, 0.3) is 5.91 Å². The van der Waals surface area contributed by atoms with Crippen LogP contribution in [0.5, 0.6) is 5.75 Å². The molecule has 1 amide bonds. The van der Waals surface area contributed by atoms with Crippen molar-refractivity contribution in [2.75, 3.05) is 13.1 Å². The molecule has 0 atom stereocenters. The van der Waals surface area contributed by atoms with Gasteiger partial charge in [0.05, 0.1) is 0 Å². The standard InChI is InChI=1S/C8H11N3O3.2ClH/c9-1-2-10-8(14)5-3-6(12)7(13)4-11-5;;/h3-4,13H,1-2,9H2,(H,10,14)(H,11,12);2*1H. The van der Waals surface area contributed by atoms with E-state index in [4.69, 9.17) is 10.8 Å². The molecule has 0 unspecified atom stereocenters. The van der Waals surface area contributed by atoms with E-state index in [1.807, 2.05) is 0 Å². The van der Waals surface area contributed by atoms with E-state index >= 15 is 0 Å². The fourth-order valence-electron chi connectivity index (χ4n) is 0.876. The highest BCUT2D eigenvalue weighted by molar-refractivity contribution is 5.92. The summed E-state index contributed by atoms with van der Waals surface area (Å²) in [7, 11) is 0. The maximum atomic E-state index is 11.2. The van der Waals surface area contributed by atoms with E-state index in [0.717, 1.165) is 12.3 Å². The number of halogens is 2. The number of amides is 1. The fraction of sp³-hybridized carbons (Fsp3) is 0.250. The highest BCUT2D eigenvalue weighted by Crippen LogP contribution is 1.97. The number of nitrogens with one attached hydrogen (secondary N) is 2. The maximum Gasteiger partial charge on any atom is 0.267 e. The van der Waals surface area contributed by atoms with Crippen LogP contribution in [-0.4, -0.2) is 29.1 Å². The van der Waals surface area contributed by atoms with Crippen molar-refractivity contribution in [1.29, 1.82) is 0 Å². The molecule has 1 rings (SSSR count). The average Bonchev–Trinajstić information content (AvgIpc) is 2.18.